The van der Waals surface area contributed by atoms with Gasteiger partial charge in [0.2, 0.25) is 0 Å². The van der Waals surface area contributed by atoms with Crippen molar-refractivity contribution in [2.75, 3.05) is 20.2 Å². The second kappa shape index (κ2) is 10.5. The zero-order chi connectivity index (χ0) is 27.0. The molecule has 1 amide bonds. The molecular formula is C29H29ClF2N2O4. The number of aliphatic hydroxyl groups is 1. The number of carbonyl (C=O) groups excluding carboxylic acids is 1. The van der Waals surface area contributed by atoms with Crippen molar-refractivity contribution in [2.45, 2.75) is 43.9 Å². The Labute approximate surface area is 224 Å². The van der Waals surface area contributed by atoms with E-state index < -0.39 is 29.2 Å². The molecule has 1 fully saturated rings. The smallest absolute Gasteiger partial charge is 0.251 e. The SMILES string of the molecule is CNC(=O)c1ccc(OCC(C)O)c(F)c1-c1c(Cl)c(F)cc2c1C[C@](c1ccccc1)(C1CCCN1)O2. The van der Waals surface area contributed by atoms with Gasteiger partial charge in [-0.25, -0.2) is 8.78 Å². The van der Waals surface area contributed by atoms with Gasteiger partial charge in [-0.15, -0.1) is 0 Å². The van der Waals surface area contributed by atoms with E-state index in [2.05, 4.69) is 10.6 Å². The van der Waals surface area contributed by atoms with Crippen LogP contribution in [0.4, 0.5) is 8.78 Å². The highest BCUT2D eigenvalue weighted by atomic mass is 35.5. The molecule has 1 saturated heterocycles. The maximum atomic E-state index is 16.1. The number of halogens is 3. The van der Waals surface area contributed by atoms with Gasteiger partial charge in [-0.1, -0.05) is 41.9 Å². The average Bonchev–Trinajstić information content (AvgIpc) is 3.58. The van der Waals surface area contributed by atoms with Gasteiger partial charge in [0.1, 0.15) is 18.2 Å². The summed E-state index contributed by atoms with van der Waals surface area (Å²) in [5.74, 6) is -2.18. The van der Waals surface area contributed by atoms with E-state index >= 15 is 8.78 Å². The molecule has 3 aromatic rings. The van der Waals surface area contributed by atoms with Gasteiger partial charge < -0.3 is 25.2 Å². The van der Waals surface area contributed by atoms with Gasteiger partial charge in [-0.2, -0.15) is 0 Å². The summed E-state index contributed by atoms with van der Waals surface area (Å²) in [7, 11) is 1.43. The summed E-state index contributed by atoms with van der Waals surface area (Å²) in [5, 5.41) is 15.4. The summed E-state index contributed by atoms with van der Waals surface area (Å²) >= 11 is 6.56. The third-order valence-electron chi connectivity index (χ3n) is 7.21. The third-order valence-corrected chi connectivity index (χ3v) is 7.58. The van der Waals surface area contributed by atoms with Crippen LogP contribution in [0.15, 0.2) is 48.5 Å². The van der Waals surface area contributed by atoms with E-state index in [0.717, 1.165) is 24.9 Å². The van der Waals surface area contributed by atoms with E-state index in [1.807, 2.05) is 30.3 Å². The highest BCUT2D eigenvalue weighted by Crippen LogP contribution is 2.52. The minimum absolute atomic E-state index is 0.0275. The fourth-order valence-corrected chi connectivity index (χ4v) is 5.73. The number of fused-ring (bicyclic) bond motifs is 1. The van der Waals surface area contributed by atoms with Crippen LogP contribution in [0.2, 0.25) is 5.02 Å². The largest absolute Gasteiger partial charge is 0.488 e. The minimum Gasteiger partial charge on any atom is -0.488 e. The molecule has 5 rings (SSSR count). The van der Waals surface area contributed by atoms with E-state index in [1.165, 1.54) is 32.2 Å². The predicted octanol–water partition coefficient (Wildman–Crippen LogP) is 4.99. The van der Waals surface area contributed by atoms with Crippen LogP contribution < -0.4 is 20.1 Å². The van der Waals surface area contributed by atoms with Crippen LogP contribution in [-0.4, -0.2) is 43.4 Å². The van der Waals surface area contributed by atoms with Crippen LogP contribution in [0.5, 0.6) is 11.5 Å². The molecule has 0 aromatic heterocycles. The van der Waals surface area contributed by atoms with E-state index in [4.69, 9.17) is 21.1 Å². The lowest BCUT2D eigenvalue weighted by atomic mass is 9.80. The van der Waals surface area contributed by atoms with E-state index in [1.54, 1.807) is 0 Å². The fourth-order valence-electron chi connectivity index (χ4n) is 5.47. The van der Waals surface area contributed by atoms with Crippen LogP contribution in [0.1, 0.15) is 41.3 Å². The molecule has 3 aromatic carbocycles. The molecule has 3 atom stereocenters. The Kier molecular flexibility index (Phi) is 7.31. The summed E-state index contributed by atoms with van der Waals surface area (Å²) in [5.41, 5.74) is 0.372. The second-order valence-corrected chi connectivity index (χ2v) is 10.1. The van der Waals surface area contributed by atoms with Crippen molar-refractivity contribution in [1.29, 1.82) is 0 Å². The zero-order valence-electron chi connectivity index (χ0n) is 21.1. The summed E-state index contributed by atoms with van der Waals surface area (Å²) in [6, 6.07) is 13.5. The summed E-state index contributed by atoms with van der Waals surface area (Å²) < 4.78 is 43.5. The van der Waals surface area contributed by atoms with Gasteiger partial charge in [0.15, 0.2) is 17.2 Å². The maximum Gasteiger partial charge on any atom is 0.251 e. The van der Waals surface area contributed by atoms with Crippen LogP contribution in [-0.2, 0) is 12.0 Å². The topological polar surface area (TPSA) is 79.8 Å². The minimum atomic E-state index is -0.879. The van der Waals surface area contributed by atoms with Crippen LogP contribution in [0, 0.1) is 11.6 Å². The van der Waals surface area contributed by atoms with Crippen molar-refractivity contribution in [3.05, 3.63) is 81.9 Å². The number of hydrogen-bond acceptors (Lipinski definition) is 5. The standard InChI is InChI=1S/C29H29ClF2N2O4/c1-16(35)15-37-21-11-10-18(28(36)33-2)25(27(21)32)24-19-14-29(23-9-6-12-34-23,17-7-4-3-5-8-17)38-22(19)13-20(31)26(24)30/h3-5,7-8,10-11,13,16,23,34-35H,6,9,12,14-15H2,1-2H3,(H,33,36)/t16?,23?,29-/m0/s1. The van der Waals surface area contributed by atoms with Crippen LogP contribution >= 0.6 is 11.6 Å². The van der Waals surface area contributed by atoms with Gasteiger partial charge in [-0.05, 0) is 44.0 Å². The zero-order valence-corrected chi connectivity index (χ0v) is 21.9. The van der Waals surface area contributed by atoms with Gasteiger partial charge in [-0.3, -0.25) is 4.79 Å². The van der Waals surface area contributed by atoms with E-state index in [9.17, 15) is 9.90 Å². The van der Waals surface area contributed by atoms with Gasteiger partial charge in [0.25, 0.3) is 5.91 Å². The average molecular weight is 543 g/mol. The Morgan fingerprint density at radius 3 is 2.68 bits per heavy atom. The lowest BCUT2D eigenvalue weighted by molar-refractivity contribution is 0.0539. The Morgan fingerprint density at radius 1 is 1.26 bits per heavy atom. The molecule has 0 saturated carbocycles. The number of rotatable bonds is 7. The molecule has 6 nitrogen and oxygen atoms in total. The van der Waals surface area contributed by atoms with Crippen LogP contribution in [0.25, 0.3) is 11.1 Å². The predicted molar refractivity (Wildman–Crippen MR) is 141 cm³/mol. The van der Waals surface area contributed by atoms with Crippen molar-refractivity contribution in [2.24, 2.45) is 0 Å². The molecule has 3 N–H and O–H groups in total. The number of benzene rings is 3. The van der Waals surface area contributed by atoms with Crippen molar-refractivity contribution < 1.29 is 28.2 Å². The first-order valence-electron chi connectivity index (χ1n) is 12.6. The number of hydrogen-bond donors (Lipinski definition) is 3. The number of nitrogens with one attached hydrogen (secondary N) is 2. The highest BCUT2D eigenvalue weighted by Gasteiger charge is 2.50. The Balaban J connectivity index is 1.73. The molecule has 2 aliphatic rings. The summed E-state index contributed by atoms with van der Waals surface area (Å²) in [6.07, 6.45) is 1.23. The first kappa shape index (κ1) is 26.4. The monoisotopic (exact) mass is 542 g/mol. The number of ether oxygens (including phenoxy) is 2. The summed E-state index contributed by atoms with van der Waals surface area (Å²) in [6.45, 7) is 2.16. The first-order chi connectivity index (χ1) is 18.3. The normalized spacial score (nSPS) is 21.1. The van der Waals surface area contributed by atoms with Crippen molar-refractivity contribution in [3.8, 4) is 22.6 Å². The molecule has 200 valence electrons. The van der Waals surface area contributed by atoms with E-state index in [0.29, 0.717) is 5.56 Å². The quantitative estimate of drug-likeness (QED) is 0.392. The molecule has 0 aliphatic carbocycles. The lowest BCUT2D eigenvalue weighted by Gasteiger charge is -2.35. The molecule has 0 spiro atoms. The van der Waals surface area contributed by atoms with Crippen molar-refractivity contribution in [1.82, 2.24) is 10.6 Å². The van der Waals surface area contributed by atoms with Gasteiger partial charge in [0.05, 0.1) is 22.7 Å². The molecule has 0 bridgehead atoms. The summed E-state index contributed by atoms with van der Waals surface area (Å²) in [4.78, 5) is 12.9. The molecule has 2 heterocycles. The Morgan fingerprint density at radius 2 is 2.03 bits per heavy atom. The van der Waals surface area contributed by atoms with E-state index in [-0.39, 0.29) is 52.3 Å². The molecule has 9 heteroatoms. The fraction of sp³-hybridized carbons (Fsp3) is 0.345. The van der Waals surface area contributed by atoms with Crippen LogP contribution in [0.3, 0.4) is 0 Å². The molecule has 38 heavy (non-hydrogen) atoms. The highest BCUT2D eigenvalue weighted by molar-refractivity contribution is 6.34. The van der Waals surface area contributed by atoms with Gasteiger partial charge >= 0.3 is 0 Å². The molecular weight excluding hydrogens is 514 g/mol. The van der Waals surface area contributed by atoms with Crippen molar-refractivity contribution in [3.63, 3.8) is 0 Å². The molecule has 2 unspecified atom stereocenters. The number of aliphatic hydroxyl groups excluding tert-OH is 1. The first-order valence-corrected chi connectivity index (χ1v) is 13.0. The number of amides is 1. The third kappa shape index (κ3) is 4.51. The Bertz CT molecular complexity index is 1360. The number of carbonyl (C=O) groups is 1. The lowest BCUT2D eigenvalue weighted by Crippen LogP contribution is -2.48. The molecule has 2 aliphatic heterocycles. The van der Waals surface area contributed by atoms with Crippen molar-refractivity contribution >= 4 is 17.5 Å². The maximum absolute atomic E-state index is 16.1. The Hall–Kier alpha value is -3.20. The second-order valence-electron chi connectivity index (χ2n) is 9.75. The molecule has 0 radical (unpaired) electrons. The van der Waals surface area contributed by atoms with Gasteiger partial charge in [0, 0.05) is 36.2 Å².